The minimum absolute atomic E-state index is 0.622. The number of hydrogen-bond donors (Lipinski definition) is 0. The van der Waals surface area contributed by atoms with Crippen molar-refractivity contribution in [1.82, 2.24) is 0 Å². The van der Waals surface area contributed by atoms with Gasteiger partial charge in [0.2, 0.25) is 0 Å². The van der Waals surface area contributed by atoms with E-state index in [0.717, 1.165) is 11.3 Å². The van der Waals surface area contributed by atoms with Gasteiger partial charge >= 0.3 is 0 Å². The van der Waals surface area contributed by atoms with Crippen LogP contribution >= 0.6 is 0 Å². The first-order valence-corrected chi connectivity index (χ1v) is 7.89. The van der Waals surface area contributed by atoms with E-state index >= 15 is 0 Å². The summed E-state index contributed by atoms with van der Waals surface area (Å²) in [5.74, 6) is 0.733. The number of ether oxygens (including phenoxy) is 1. The highest BCUT2D eigenvalue weighted by atomic mass is 32.2. The Balaban J connectivity index is 2.18. The molecule has 0 bridgehead atoms. The molecule has 0 spiro atoms. The molecule has 4 nitrogen and oxygen atoms in total. The van der Waals surface area contributed by atoms with Gasteiger partial charge in [-0.25, -0.2) is 8.42 Å². The molecule has 0 aliphatic rings. The maximum atomic E-state index is 12.2. The third kappa shape index (κ3) is 3.86. The monoisotopic (exact) mass is 303 g/mol. The summed E-state index contributed by atoms with van der Waals surface area (Å²) in [6.07, 6.45) is 1.56. The van der Waals surface area contributed by atoms with Gasteiger partial charge in [0, 0.05) is 7.05 Å². The third-order valence-electron chi connectivity index (χ3n) is 3.05. The van der Waals surface area contributed by atoms with E-state index < -0.39 is 10.0 Å². The first kappa shape index (κ1) is 15.1. The lowest BCUT2D eigenvalue weighted by molar-refractivity contribution is 0.415. The van der Waals surface area contributed by atoms with Crippen LogP contribution < -0.4 is 9.04 Å². The maximum Gasteiger partial charge on any atom is 0.257 e. The minimum Gasteiger partial charge on any atom is -0.497 e. The number of sulfonamides is 1. The van der Waals surface area contributed by atoms with Crippen molar-refractivity contribution in [2.75, 3.05) is 18.5 Å². The Bertz CT molecular complexity index is 707. The van der Waals surface area contributed by atoms with Gasteiger partial charge in [-0.15, -0.1) is 0 Å². The van der Waals surface area contributed by atoms with Crippen LogP contribution in [0.1, 0.15) is 5.56 Å². The van der Waals surface area contributed by atoms with E-state index in [0.29, 0.717) is 5.69 Å². The molecule has 0 radical (unpaired) electrons. The molecule has 0 saturated heterocycles. The van der Waals surface area contributed by atoms with Crippen LogP contribution in [0.15, 0.2) is 60.0 Å². The second-order valence-electron chi connectivity index (χ2n) is 4.42. The Morgan fingerprint density at radius 1 is 1.00 bits per heavy atom. The largest absolute Gasteiger partial charge is 0.497 e. The van der Waals surface area contributed by atoms with E-state index in [1.54, 1.807) is 61.7 Å². The molecule has 0 heterocycles. The third-order valence-corrected chi connectivity index (χ3v) is 4.50. The molecule has 0 atom stereocenters. The summed E-state index contributed by atoms with van der Waals surface area (Å²) >= 11 is 0. The van der Waals surface area contributed by atoms with Crippen LogP contribution in [-0.4, -0.2) is 22.6 Å². The summed E-state index contributed by atoms with van der Waals surface area (Å²) in [5, 5.41) is 1.20. The number of anilines is 1. The number of rotatable bonds is 5. The average molecular weight is 303 g/mol. The zero-order valence-corrected chi connectivity index (χ0v) is 12.7. The highest BCUT2D eigenvalue weighted by molar-refractivity contribution is 7.95. The van der Waals surface area contributed by atoms with Crippen LogP contribution in [0.25, 0.3) is 6.08 Å². The van der Waals surface area contributed by atoms with Gasteiger partial charge in [0.25, 0.3) is 10.0 Å². The Kier molecular flexibility index (Phi) is 4.65. The molecule has 0 aliphatic heterocycles. The second-order valence-corrected chi connectivity index (χ2v) is 6.27. The lowest BCUT2D eigenvalue weighted by Crippen LogP contribution is -2.23. The molecule has 0 N–H and O–H groups in total. The normalized spacial score (nSPS) is 11.5. The summed E-state index contributed by atoms with van der Waals surface area (Å²) in [6.45, 7) is 0. The van der Waals surface area contributed by atoms with Gasteiger partial charge in [-0.05, 0) is 35.9 Å². The number of nitrogens with zero attached hydrogens (tertiary/aromatic N) is 1. The number of benzene rings is 2. The SMILES string of the molecule is COc1ccc(/C=C/S(=O)(=O)N(C)c2ccccc2)cc1. The standard InChI is InChI=1S/C16H17NO3S/c1-17(15-6-4-3-5-7-15)21(18,19)13-12-14-8-10-16(20-2)11-9-14/h3-13H,1-2H3/b13-12+. The predicted molar refractivity (Wildman–Crippen MR) is 85.8 cm³/mol. The maximum absolute atomic E-state index is 12.2. The van der Waals surface area contributed by atoms with E-state index in [2.05, 4.69) is 0 Å². The first-order valence-electron chi connectivity index (χ1n) is 6.39. The molecule has 2 aromatic carbocycles. The topological polar surface area (TPSA) is 46.6 Å². The highest BCUT2D eigenvalue weighted by Gasteiger charge is 2.14. The van der Waals surface area contributed by atoms with Gasteiger partial charge < -0.3 is 4.74 Å². The smallest absolute Gasteiger partial charge is 0.257 e. The van der Waals surface area contributed by atoms with Crippen molar-refractivity contribution in [2.24, 2.45) is 0 Å². The van der Waals surface area contributed by atoms with Gasteiger partial charge in [0.05, 0.1) is 18.2 Å². The van der Waals surface area contributed by atoms with Gasteiger partial charge in [0.15, 0.2) is 0 Å². The summed E-state index contributed by atoms with van der Waals surface area (Å²) in [6, 6.07) is 16.1. The van der Waals surface area contributed by atoms with Crippen molar-refractivity contribution < 1.29 is 13.2 Å². The molecule has 0 aliphatic carbocycles. The molecule has 0 fully saturated rings. The molecule has 2 aromatic rings. The van der Waals surface area contributed by atoms with E-state index in [1.165, 1.54) is 16.8 Å². The fraction of sp³-hybridized carbons (Fsp3) is 0.125. The number of methoxy groups -OCH3 is 1. The molecule has 5 heteroatoms. The van der Waals surface area contributed by atoms with Crippen molar-refractivity contribution in [2.45, 2.75) is 0 Å². The summed E-state index contributed by atoms with van der Waals surface area (Å²) in [7, 11) is -0.387. The lowest BCUT2D eigenvalue weighted by Gasteiger charge is -2.16. The van der Waals surface area contributed by atoms with E-state index in [-0.39, 0.29) is 0 Å². The fourth-order valence-corrected chi connectivity index (χ4v) is 2.68. The Morgan fingerprint density at radius 2 is 1.62 bits per heavy atom. The molecule has 0 amide bonds. The molecular weight excluding hydrogens is 286 g/mol. The van der Waals surface area contributed by atoms with Gasteiger partial charge in [-0.2, -0.15) is 0 Å². The minimum atomic E-state index is -3.51. The van der Waals surface area contributed by atoms with Crippen molar-refractivity contribution >= 4 is 21.8 Å². The van der Waals surface area contributed by atoms with Crippen molar-refractivity contribution in [3.05, 3.63) is 65.6 Å². The molecule has 21 heavy (non-hydrogen) atoms. The Morgan fingerprint density at radius 3 is 2.19 bits per heavy atom. The van der Waals surface area contributed by atoms with Crippen LogP contribution in [0.2, 0.25) is 0 Å². The van der Waals surface area contributed by atoms with Gasteiger partial charge in [-0.3, -0.25) is 4.31 Å². The van der Waals surface area contributed by atoms with Crippen LogP contribution in [0.5, 0.6) is 5.75 Å². The molecule has 0 aromatic heterocycles. The quantitative estimate of drug-likeness (QED) is 0.852. The van der Waals surface area contributed by atoms with Crippen LogP contribution in [0.3, 0.4) is 0 Å². The molecule has 0 saturated carbocycles. The summed E-state index contributed by atoms with van der Waals surface area (Å²) in [5.41, 5.74) is 1.41. The number of hydrogen-bond acceptors (Lipinski definition) is 3. The van der Waals surface area contributed by atoms with Gasteiger partial charge in [-0.1, -0.05) is 30.3 Å². The molecule has 2 rings (SSSR count). The highest BCUT2D eigenvalue weighted by Crippen LogP contribution is 2.18. The van der Waals surface area contributed by atoms with Crippen molar-refractivity contribution in [3.8, 4) is 5.75 Å². The average Bonchev–Trinajstić information content (AvgIpc) is 2.53. The van der Waals surface area contributed by atoms with E-state index in [1.807, 2.05) is 6.07 Å². The van der Waals surface area contributed by atoms with E-state index in [4.69, 9.17) is 4.74 Å². The first-order chi connectivity index (χ1) is 10.0. The molecule has 0 unspecified atom stereocenters. The Hall–Kier alpha value is -2.27. The van der Waals surface area contributed by atoms with Crippen molar-refractivity contribution in [3.63, 3.8) is 0 Å². The summed E-state index contributed by atoms with van der Waals surface area (Å²) < 4.78 is 30.8. The van der Waals surface area contributed by atoms with Crippen LogP contribution in [-0.2, 0) is 10.0 Å². The zero-order valence-electron chi connectivity index (χ0n) is 11.9. The second kappa shape index (κ2) is 6.45. The van der Waals surface area contributed by atoms with Crippen LogP contribution in [0.4, 0.5) is 5.69 Å². The Labute approximate surface area is 125 Å². The summed E-state index contributed by atoms with van der Waals surface area (Å²) in [4.78, 5) is 0. The fourth-order valence-electron chi connectivity index (χ4n) is 1.76. The number of para-hydroxylation sites is 1. The lowest BCUT2D eigenvalue weighted by atomic mass is 10.2. The predicted octanol–water partition coefficient (Wildman–Crippen LogP) is 3.13. The van der Waals surface area contributed by atoms with Gasteiger partial charge in [0.1, 0.15) is 5.75 Å². The van der Waals surface area contributed by atoms with Crippen molar-refractivity contribution in [1.29, 1.82) is 0 Å². The van der Waals surface area contributed by atoms with E-state index in [9.17, 15) is 8.42 Å². The molecule has 110 valence electrons. The molecular formula is C16H17NO3S. The van der Waals surface area contributed by atoms with Crippen LogP contribution in [0, 0.1) is 0 Å². The zero-order chi connectivity index (χ0) is 15.3.